The zero-order chi connectivity index (χ0) is 16.2. The lowest BCUT2D eigenvalue weighted by atomic mass is 10.2. The van der Waals surface area contributed by atoms with Crippen LogP contribution in [0.5, 0.6) is 5.75 Å². The number of ether oxygens (including phenoxy) is 1. The fourth-order valence-electron chi connectivity index (χ4n) is 2.86. The van der Waals surface area contributed by atoms with Gasteiger partial charge in [0.2, 0.25) is 11.8 Å². The number of methoxy groups -OCH3 is 1. The van der Waals surface area contributed by atoms with Gasteiger partial charge in [-0.05, 0) is 43.9 Å². The molecule has 132 valence electrons. The molecule has 6 nitrogen and oxygen atoms in total. The first kappa shape index (κ1) is 18.5. The number of benzene rings is 1. The number of halogens is 1. The van der Waals surface area contributed by atoms with Crippen LogP contribution < -0.4 is 20.3 Å². The first-order valence-corrected chi connectivity index (χ1v) is 8.13. The Balaban J connectivity index is 0.00000208. The van der Waals surface area contributed by atoms with Crippen molar-refractivity contribution < 1.29 is 14.3 Å². The van der Waals surface area contributed by atoms with Crippen molar-refractivity contribution in [3.8, 4) is 5.75 Å². The molecule has 24 heavy (non-hydrogen) atoms. The average Bonchev–Trinajstić information content (AvgIpc) is 3.32. The molecule has 1 aliphatic heterocycles. The van der Waals surface area contributed by atoms with E-state index in [-0.39, 0.29) is 30.8 Å². The molecule has 2 N–H and O–H groups in total. The summed E-state index contributed by atoms with van der Waals surface area (Å²) in [6.45, 7) is 1.74. The summed E-state index contributed by atoms with van der Waals surface area (Å²) in [5, 5.41) is 5.97. The lowest BCUT2D eigenvalue weighted by molar-refractivity contribution is -0.125. The van der Waals surface area contributed by atoms with Crippen LogP contribution in [0.3, 0.4) is 0 Å². The highest BCUT2D eigenvalue weighted by Crippen LogP contribution is 2.31. The predicted octanol–water partition coefficient (Wildman–Crippen LogP) is 1.34. The van der Waals surface area contributed by atoms with Gasteiger partial charge in [-0.3, -0.25) is 9.59 Å². The van der Waals surface area contributed by atoms with E-state index in [2.05, 4.69) is 10.6 Å². The molecule has 2 aliphatic rings. The number of nitrogens with zero attached hydrogens (tertiary/aromatic N) is 1. The van der Waals surface area contributed by atoms with E-state index in [4.69, 9.17) is 4.74 Å². The zero-order valence-corrected chi connectivity index (χ0v) is 14.6. The molecule has 1 aromatic rings. The van der Waals surface area contributed by atoms with Crippen LogP contribution in [0.15, 0.2) is 24.3 Å². The molecule has 2 fully saturated rings. The molecule has 3 rings (SSSR count). The molecule has 0 radical (unpaired) electrons. The lowest BCUT2D eigenvalue weighted by Gasteiger charge is -2.19. The molecular weight excluding hydrogens is 330 g/mol. The van der Waals surface area contributed by atoms with E-state index >= 15 is 0 Å². The van der Waals surface area contributed by atoms with Gasteiger partial charge in [-0.1, -0.05) is 12.1 Å². The van der Waals surface area contributed by atoms with Gasteiger partial charge < -0.3 is 20.3 Å². The normalized spacial score (nSPS) is 19.8. The molecule has 1 saturated carbocycles. The molecule has 1 saturated heterocycles. The molecule has 7 heteroatoms. The monoisotopic (exact) mass is 353 g/mol. The Morgan fingerprint density at radius 2 is 2.04 bits per heavy atom. The number of rotatable bonds is 7. The Morgan fingerprint density at radius 3 is 2.75 bits per heavy atom. The van der Waals surface area contributed by atoms with E-state index in [1.54, 1.807) is 12.0 Å². The van der Waals surface area contributed by atoms with Crippen molar-refractivity contribution in [2.24, 2.45) is 5.92 Å². The van der Waals surface area contributed by atoms with Crippen molar-refractivity contribution in [2.45, 2.75) is 25.3 Å². The summed E-state index contributed by atoms with van der Waals surface area (Å²) in [4.78, 5) is 26.2. The van der Waals surface area contributed by atoms with E-state index in [1.807, 2.05) is 24.3 Å². The van der Waals surface area contributed by atoms with Gasteiger partial charge in [0, 0.05) is 6.54 Å². The van der Waals surface area contributed by atoms with Crippen LogP contribution in [0.2, 0.25) is 0 Å². The van der Waals surface area contributed by atoms with Crippen LogP contribution in [0.25, 0.3) is 0 Å². The maximum atomic E-state index is 12.5. The largest absolute Gasteiger partial charge is 0.495 e. The van der Waals surface area contributed by atoms with E-state index in [0.717, 1.165) is 18.2 Å². The Kier molecular flexibility index (Phi) is 6.45. The van der Waals surface area contributed by atoms with Crippen LogP contribution in [0.4, 0.5) is 5.69 Å². The minimum Gasteiger partial charge on any atom is -0.495 e. The number of para-hydroxylation sites is 2. The van der Waals surface area contributed by atoms with Crippen molar-refractivity contribution in [3.05, 3.63) is 24.3 Å². The molecule has 1 aromatic carbocycles. The van der Waals surface area contributed by atoms with Crippen molar-refractivity contribution >= 4 is 29.9 Å². The molecule has 2 amide bonds. The highest BCUT2D eigenvalue weighted by atomic mass is 35.5. The maximum absolute atomic E-state index is 12.5. The fourth-order valence-corrected chi connectivity index (χ4v) is 2.86. The number of amides is 2. The summed E-state index contributed by atoms with van der Waals surface area (Å²) >= 11 is 0. The van der Waals surface area contributed by atoms with Crippen LogP contribution in [0.1, 0.15) is 19.3 Å². The van der Waals surface area contributed by atoms with Crippen molar-refractivity contribution in [1.82, 2.24) is 10.6 Å². The van der Waals surface area contributed by atoms with Crippen molar-refractivity contribution in [2.75, 3.05) is 31.6 Å². The number of anilines is 1. The zero-order valence-electron chi connectivity index (χ0n) is 13.8. The second-order valence-corrected chi connectivity index (χ2v) is 6.14. The Morgan fingerprint density at radius 1 is 1.29 bits per heavy atom. The molecule has 1 heterocycles. The van der Waals surface area contributed by atoms with Gasteiger partial charge in [0.15, 0.2) is 0 Å². The summed E-state index contributed by atoms with van der Waals surface area (Å²) in [7, 11) is 1.59. The smallest absolute Gasteiger partial charge is 0.249 e. The third-order valence-electron chi connectivity index (χ3n) is 4.33. The number of carbonyl (C=O) groups is 2. The quantitative estimate of drug-likeness (QED) is 0.776. The number of hydrogen-bond donors (Lipinski definition) is 2. The van der Waals surface area contributed by atoms with Gasteiger partial charge in [0.25, 0.3) is 0 Å². The summed E-state index contributed by atoms with van der Waals surface area (Å²) < 4.78 is 5.31. The number of nitrogens with one attached hydrogen (secondary N) is 2. The lowest BCUT2D eigenvalue weighted by Crippen LogP contribution is -2.45. The SMILES string of the molecule is COc1ccccc1N1CCC(NC(=O)CNCC2CC2)C1=O.Cl. The summed E-state index contributed by atoms with van der Waals surface area (Å²) in [6.07, 6.45) is 3.12. The van der Waals surface area contributed by atoms with E-state index in [1.165, 1.54) is 12.8 Å². The predicted molar refractivity (Wildman–Crippen MR) is 94.7 cm³/mol. The molecule has 0 aromatic heterocycles. The van der Waals surface area contributed by atoms with Gasteiger partial charge in [-0.25, -0.2) is 0 Å². The van der Waals surface area contributed by atoms with Crippen molar-refractivity contribution in [1.29, 1.82) is 0 Å². The fraction of sp³-hybridized carbons (Fsp3) is 0.529. The average molecular weight is 354 g/mol. The summed E-state index contributed by atoms with van der Waals surface area (Å²) in [5.74, 6) is 1.20. The van der Waals surface area contributed by atoms with Gasteiger partial charge in [-0.2, -0.15) is 0 Å². The third-order valence-corrected chi connectivity index (χ3v) is 4.33. The van der Waals surface area contributed by atoms with E-state index in [9.17, 15) is 9.59 Å². The Bertz CT molecular complexity index is 592. The number of hydrogen-bond acceptors (Lipinski definition) is 4. The first-order chi connectivity index (χ1) is 11.2. The van der Waals surface area contributed by atoms with Crippen molar-refractivity contribution in [3.63, 3.8) is 0 Å². The highest BCUT2D eigenvalue weighted by Gasteiger charge is 2.34. The topological polar surface area (TPSA) is 70.7 Å². The molecule has 1 unspecified atom stereocenters. The van der Waals surface area contributed by atoms with Crippen LogP contribution in [-0.2, 0) is 9.59 Å². The number of carbonyl (C=O) groups excluding carboxylic acids is 2. The van der Waals surface area contributed by atoms with Gasteiger partial charge >= 0.3 is 0 Å². The standard InChI is InChI=1S/C17H23N3O3.ClH/c1-23-15-5-3-2-4-14(15)20-9-8-13(17(20)22)19-16(21)11-18-10-12-6-7-12;/h2-5,12-13,18H,6-11H2,1H3,(H,19,21);1H. The third kappa shape index (κ3) is 4.39. The van der Waals surface area contributed by atoms with Crippen LogP contribution in [0, 0.1) is 5.92 Å². The summed E-state index contributed by atoms with van der Waals surface area (Å²) in [6, 6.07) is 6.98. The summed E-state index contributed by atoms with van der Waals surface area (Å²) in [5.41, 5.74) is 0.753. The second-order valence-electron chi connectivity index (χ2n) is 6.14. The molecule has 1 aliphatic carbocycles. The molecule has 0 bridgehead atoms. The molecule has 0 spiro atoms. The van der Waals surface area contributed by atoms with E-state index in [0.29, 0.717) is 18.7 Å². The molecular formula is C17H24ClN3O3. The minimum atomic E-state index is -0.449. The Labute approximate surface area is 148 Å². The van der Waals surface area contributed by atoms with Gasteiger partial charge in [0.1, 0.15) is 11.8 Å². The molecule has 1 atom stereocenters. The first-order valence-electron chi connectivity index (χ1n) is 8.13. The van der Waals surface area contributed by atoms with Crippen LogP contribution in [-0.4, -0.2) is 44.6 Å². The van der Waals surface area contributed by atoms with E-state index < -0.39 is 6.04 Å². The van der Waals surface area contributed by atoms with Gasteiger partial charge in [-0.15, -0.1) is 12.4 Å². The Hall–Kier alpha value is -1.79. The van der Waals surface area contributed by atoms with Crippen LogP contribution >= 0.6 is 12.4 Å². The highest BCUT2D eigenvalue weighted by molar-refractivity contribution is 6.02. The second kappa shape index (κ2) is 8.35. The van der Waals surface area contributed by atoms with Gasteiger partial charge in [0.05, 0.1) is 19.3 Å². The maximum Gasteiger partial charge on any atom is 0.249 e. The minimum absolute atomic E-state index is 0.